The topological polar surface area (TPSA) is 96.9 Å². The number of nitrogens with one attached hydrogen (secondary N) is 2. The van der Waals surface area contributed by atoms with Crippen molar-refractivity contribution in [2.75, 3.05) is 11.1 Å². The van der Waals surface area contributed by atoms with Crippen molar-refractivity contribution in [3.63, 3.8) is 0 Å². The van der Waals surface area contributed by atoms with Crippen molar-refractivity contribution in [2.45, 2.75) is 0 Å². The van der Waals surface area contributed by atoms with Crippen LogP contribution in [0.5, 0.6) is 0 Å². The summed E-state index contributed by atoms with van der Waals surface area (Å²) in [4.78, 5) is 14.9. The van der Waals surface area contributed by atoms with E-state index in [1.54, 1.807) is 18.2 Å². The third-order valence-corrected chi connectivity index (χ3v) is 2.61. The van der Waals surface area contributed by atoms with Gasteiger partial charge in [-0.05, 0) is 12.1 Å². The number of nitrogens with two attached hydrogens (primary N) is 1. The summed E-state index contributed by atoms with van der Waals surface area (Å²) in [5.41, 5.74) is 7.59. The second kappa shape index (κ2) is 3.92. The molecule has 18 heavy (non-hydrogen) atoms. The van der Waals surface area contributed by atoms with Gasteiger partial charge in [0, 0.05) is 11.5 Å². The Kier molecular flexibility index (Phi) is 2.26. The maximum atomic E-state index is 11.9. The third-order valence-electron chi connectivity index (χ3n) is 2.61. The van der Waals surface area contributed by atoms with E-state index in [2.05, 4.69) is 20.0 Å². The standard InChI is InChI=1S/C12H10N4O2/c13-8-3-1-2-7-6-9(14-11(7)8)12(17)15-10-4-5-18-16-10/h1-6,14H,13H2,(H,15,16,17). The van der Waals surface area contributed by atoms with E-state index in [0.29, 0.717) is 17.2 Å². The molecule has 0 radical (unpaired) electrons. The highest BCUT2D eigenvalue weighted by molar-refractivity contribution is 6.06. The van der Waals surface area contributed by atoms with Gasteiger partial charge in [0.25, 0.3) is 5.91 Å². The monoisotopic (exact) mass is 242 g/mol. The van der Waals surface area contributed by atoms with Crippen LogP contribution in [0.25, 0.3) is 10.9 Å². The molecule has 1 amide bonds. The van der Waals surface area contributed by atoms with Crippen LogP contribution in [-0.2, 0) is 0 Å². The number of aromatic nitrogens is 2. The molecule has 0 saturated heterocycles. The summed E-state index contributed by atoms with van der Waals surface area (Å²) < 4.78 is 4.63. The van der Waals surface area contributed by atoms with E-state index in [-0.39, 0.29) is 5.91 Å². The van der Waals surface area contributed by atoms with Crippen LogP contribution in [0.15, 0.2) is 41.1 Å². The fraction of sp³-hybridized carbons (Fsp3) is 0. The first kappa shape index (κ1) is 10.4. The number of amides is 1. The van der Waals surface area contributed by atoms with Gasteiger partial charge in [-0.2, -0.15) is 0 Å². The first-order chi connectivity index (χ1) is 8.74. The maximum absolute atomic E-state index is 11.9. The molecule has 0 aliphatic rings. The van der Waals surface area contributed by atoms with Crippen molar-refractivity contribution < 1.29 is 9.32 Å². The van der Waals surface area contributed by atoms with E-state index in [0.717, 1.165) is 10.9 Å². The molecule has 6 nitrogen and oxygen atoms in total. The Morgan fingerprint density at radius 2 is 2.28 bits per heavy atom. The Balaban J connectivity index is 1.94. The molecule has 0 aliphatic carbocycles. The summed E-state index contributed by atoms with van der Waals surface area (Å²) in [6.45, 7) is 0. The summed E-state index contributed by atoms with van der Waals surface area (Å²) in [7, 11) is 0. The van der Waals surface area contributed by atoms with Crippen molar-refractivity contribution in [3.05, 3.63) is 42.3 Å². The van der Waals surface area contributed by atoms with Gasteiger partial charge in [-0.3, -0.25) is 4.79 Å². The molecular formula is C12H10N4O2. The average Bonchev–Trinajstić information content (AvgIpc) is 2.97. The van der Waals surface area contributed by atoms with Crippen molar-refractivity contribution in [2.24, 2.45) is 0 Å². The number of aromatic amines is 1. The summed E-state index contributed by atoms with van der Waals surface area (Å²) in [5.74, 6) is 0.0751. The number of fused-ring (bicyclic) bond motifs is 1. The molecule has 0 unspecified atom stereocenters. The van der Waals surface area contributed by atoms with Crippen LogP contribution in [0.3, 0.4) is 0 Å². The normalized spacial score (nSPS) is 10.7. The Morgan fingerprint density at radius 3 is 3.00 bits per heavy atom. The van der Waals surface area contributed by atoms with Crippen LogP contribution in [0, 0.1) is 0 Å². The number of nitrogen functional groups attached to an aromatic ring is 1. The number of para-hydroxylation sites is 1. The van der Waals surface area contributed by atoms with Crippen LogP contribution < -0.4 is 11.1 Å². The summed E-state index contributed by atoms with van der Waals surface area (Å²) in [6.07, 6.45) is 1.39. The molecule has 0 fully saturated rings. The van der Waals surface area contributed by atoms with Crippen molar-refractivity contribution >= 4 is 28.3 Å². The van der Waals surface area contributed by atoms with E-state index in [1.165, 1.54) is 6.26 Å². The van der Waals surface area contributed by atoms with Crippen LogP contribution in [-0.4, -0.2) is 16.0 Å². The van der Waals surface area contributed by atoms with Crippen molar-refractivity contribution in [1.82, 2.24) is 10.1 Å². The first-order valence-electron chi connectivity index (χ1n) is 5.33. The average molecular weight is 242 g/mol. The van der Waals surface area contributed by atoms with Crippen LogP contribution >= 0.6 is 0 Å². The molecule has 3 aromatic rings. The third kappa shape index (κ3) is 1.69. The molecule has 6 heteroatoms. The zero-order valence-electron chi connectivity index (χ0n) is 9.31. The largest absolute Gasteiger partial charge is 0.397 e. The number of rotatable bonds is 2. The Labute approximate surface area is 102 Å². The van der Waals surface area contributed by atoms with Gasteiger partial charge in [0.15, 0.2) is 5.82 Å². The molecule has 0 bridgehead atoms. The van der Waals surface area contributed by atoms with Crippen molar-refractivity contribution in [1.29, 1.82) is 0 Å². The fourth-order valence-corrected chi connectivity index (χ4v) is 1.76. The van der Waals surface area contributed by atoms with Gasteiger partial charge in [0.2, 0.25) is 0 Å². The summed E-state index contributed by atoms with van der Waals surface area (Å²) in [6, 6.07) is 8.80. The summed E-state index contributed by atoms with van der Waals surface area (Å²) in [5, 5.41) is 7.10. The second-order valence-corrected chi connectivity index (χ2v) is 3.83. The lowest BCUT2D eigenvalue weighted by Gasteiger charge is -1.97. The smallest absolute Gasteiger partial charge is 0.273 e. The van der Waals surface area contributed by atoms with Crippen LogP contribution in [0.4, 0.5) is 11.5 Å². The van der Waals surface area contributed by atoms with Gasteiger partial charge >= 0.3 is 0 Å². The minimum Gasteiger partial charge on any atom is -0.397 e. The van der Waals surface area contributed by atoms with E-state index in [9.17, 15) is 4.79 Å². The number of hydrogen-bond acceptors (Lipinski definition) is 4. The zero-order valence-corrected chi connectivity index (χ0v) is 9.31. The Morgan fingerprint density at radius 1 is 1.39 bits per heavy atom. The first-order valence-corrected chi connectivity index (χ1v) is 5.33. The highest BCUT2D eigenvalue weighted by Crippen LogP contribution is 2.21. The van der Waals surface area contributed by atoms with E-state index < -0.39 is 0 Å². The van der Waals surface area contributed by atoms with Gasteiger partial charge < -0.3 is 20.6 Å². The van der Waals surface area contributed by atoms with Gasteiger partial charge in [-0.1, -0.05) is 17.3 Å². The number of nitrogens with zero attached hydrogens (tertiary/aromatic N) is 1. The SMILES string of the molecule is Nc1cccc2cc(C(=O)Nc3ccon3)[nH]c12. The molecule has 0 spiro atoms. The number of hydrogen-bond donors (Lipinski definition) is 3. The predicted octanol–water partition coefficient (Wildman–Crippen LogP) is 1.99. The van der Waals surface area contributed by atoms with Gasteiger partial charge in [0.05, 0.1) is 11.2 Å². The molecule has 2 heterocycles. The number of carbonyl (C=O) groups excluding carboxylic acids is 1. The molecule has 0 saturated carbocycles. The highest BCUT2D eigenvalue weighted by Gasteiger charge is 2.11. The molecular weight excluding hydrogens is 232 g/mol. The zero-order chi connectivity index (χ0) is 12.5. The van der Waals surface area contributed by atoms with E-state index in [4.69, 9.17) is 5.73 Å². The lowest BCUT2D eigenvalue weighted by Crippen LogP contribution is -2.12. The van der Waals surface area contributed by atoms with E-state index in [1.807, 2.05) is 12.1 Å². The minimum absolute atomic E-state index is 0.292. The molecule has 3 rings (SSSR count). The summed E-state index contributed by atoms with van der Waals surface area (Å²) >= 11 is 0. The molecule has 0 atom stereocenters. The Bertz CT molecular complexity index is 700. The van der Waals surface area contributed by atoms with Gasteiger partial charge in [-0.15, -0.1) is 0 Å². The lowest BCUT2D eigenvalue weighted by molar-refractivity contribution is 0.102. The molecule has 1 aromatic carbocycles. The number of H-pyrrole nitrogens is 1. The predicted molar refractivity (Wildman–Crippen MR) is 67.2 cm³/mol. The highest BCUT2D eigenvalue weighted by atomic mass is 16.5. The fourth-order valence-electron chi connectivity index (χ4n) is 1.76. The van der Waals surface area contributed by atoms with E-state index >= 15 is 0 Å². The molecule has 4 N–H and O–H groups in total. The molecule has 2 aromatic heterocycles. The second-order valence-electron chi connectivity index (χ2n) is 3.83. The van der Waals surface area contributed by atoms with Gasteiger partial charge in [0.1, 0.15) is 12.0 Å². The minimum atomic E-state index is -0.292. The lowest BCUT2D eigenvalue weighted by atomic mass is 10.2. The maximum Gasteiger partial charge on any atom is 0.273 e. The number of carbonyl (C=O) groups is 1. The quantitative estimate of drug-likeness (QED) is 0.598. The van der Waals surface area contributed by atoms with Crippen LogP contribution in [0.1, 0.15) is 10.5 Å². The number of benzene rings is 1. The van der Waals surface area contributed by atoms with Crippen LogP contribution in [0.2, 0.25) is 0 Å². The molecule has 90 valence electrons. The molecule has 0 aliphatic heterocycles. The van der Waals surface area contributed by atoms with Crippen molar-refractivity contribution in [3.8, 4) is 0 Å². The Hall–Kier alpha value is -2.76. The van der Waals surface area contributed by atoms with Gasteiger partial charge in [-0.25, -0.2) is 0 Å². The number of anilines is 2.